The molecular formula is C29H29NO4S. The Balaban J connectivity index is 1.75. The Morgan fingerprint density at radius 3 is 2.60 bits per heavy atom. The zero-order chi connectivity index (χ0) is 24.9. The van der Waals surface area contributed by atoms with Crippen LogP contribution >= 0.6 is 11.8 Å². The monoisotopic (exact) mass is 487 g/mol. The Bertz CT molecular complexity index is 1390. The van der Waals surface area contributed by atoms with Crippen molar-refractivity contribution in [3.05, 3.63) is 78.1 Å². The number of rotatable bonds is 8. The fourth-order valence-corrected chi connectivity index (χ4v) is 4.55. The minimum absolute atomic E-state index is 0.191. The van der Waals surface area contributed by atoms with E-state index in [0.717, 1.165) is 60.9 Å². The van der Waals surface area contributed by atoms with Crippen molar-refractivity contribution in [2.45, 2.75) is 25.7 Å². The third-order valence-corrected chi connectivity index (χ3v) is 6.57. The van der Waals surface area contributed by atoms with E-state index < -0.39 is 0 Å². The molecule has 1 N–H and O–H groups in total. The first-order chi connectivity index (χ1) is 16.9. The molecule has 0 aliphatic rings. The maximum Gasteiger partial charge on any atom is 0.248 e. The molecule has 0 aliphatic heterocycles. The van der Waals surface area contributed by atoms with Gasteiger partial charge in [0.05, 0.1) is 20.0 Å². The number of furan rings is 1. The summed E-state index contributed by atoms with van der Waals surface area (Å²) in [6.45, 7) is 6.36. The van der Waals surface area contributed by atoms with Gasteiger partial charge in [0.15, 0.2) is 0 Å². The van der Waals surface area contributed by atoms with Crippen molar-refractivity contribution in [3.63, 3.8) is 0 Å². The van der Waals surface area contributed by atoms with Crippen molar-refractivity contribution < 1.29 is 18.7 Å². The lowest BCUT2D eigenvalue weighted by atomic mass is 9.96. The minimum Gasteiger partial charge on any atom is -0.497 e. The molecule has 1 heterocycles. The van der Waals surface area contributed by atoms with Gasteiger partial charge in [0.1, 0.15) is 17.1 Å². The number of fused-ring (bicyclic) bond motifs is 1. The molecule has 4 rings (SSSR count). The fraction of sp³-hybridized carbons (Fsp3) is 0.207. The van der Waals surface area contributed by atoms with Crippen LogP contribution < -0.4 is 14.8 Å². The molecule has 0 spiro atoms. The largest absolute Gasteiger partial charge is 0.497 e. The summed E-state index contributed by atoms with van der Waals surface area (Å²) < 4.78 is 17.3. The average Bonchev–Trinajstić information content (AvgIpc) is 3.30. The summed E-state index contributed by atoms with van der Waals surface area (Å²) in [7, 11) is 1.65. The van der Waals surface area contributed by atoms with Gasteiger partial charge < -0.3 is 19.2 Å². The van der Waals surface area contributed by atoms with Crippen molar-refractivity contribution in [3.8, 4) is 22.6 Å². The molecule has 5 nitrogen and oxygen atoms in total. The third kappa shape index (κ3) is 5.23. The van der Waals surface area contributed by atoms with Crippen molar-refractivity contribution in [2.75, 3.05) is 25.3 Å². The minimum atomic E-state index is -0.191. The van der Waals surface area contributed by atoms with Gasteiger partial charge in [-0.1, -0.05) is 18.2 Å². The number of carbonyl (C=O) groups is 1. The van der Waals surface area contributed by atoms with Gasteiger partial charge in [-0.2, -0.15) is 0 Å². The number of anilines is 1. The Kier molecular flexibility index (Phi) is 7.51. The first-order valence-corrected chi connectivity index (χ1v) is 12.6. The van der Waals surface area contributed by atoms with Crippen LogP contribution in [0.5, 0.6) is 11.5 Å². The van der Waals surface area contributed by atoms with Gasteiger partial charge in [0.2, 0.25) is 5.91 Å². The van der Waals surface area contributed by atoms with E-state index in [1.807, 2.05) is 81.6 Å². The summed E-state index contributed by atoms with van der Waals surface area (Å²) >= 11 is 1.63. The van der Waals surface area contributed by atoms with Crippen LogP contribution in [0.1, 0.15) is 25.0 Å². The van der Waals surface area contributed by atoms with Crippen LogP contribution in [0.15, 0.2) is 76.2 Å². The molecule has 0 aliphatic carbocycles. The molecule has 0 radical (unpaired) electrons. The number of amides is 1. The molecule has 0 saturated heterocycles. The Hall–Kier alpha value is -3.64. The lowest BCUT2D eigenvalue weighted by Gasteiger charge is -2.15. The summed E-state index contributed by atoms with van der Waals surface area (Å²) in [6, 6.07) is 17.7. The summed E-state index contributed by atoms with van der Waals surface area (Å²) in [5, 5.41) is 3.93. The zero-order valence-electron chi connectivity index (χ0n) is 20.6. The van der Waals surface area contributed by atoms with Gasteiger partial charge >= 0.3 is 0 Å². The van der Waals surface area contributed by atoms with Crippen LogP contribution in [0.2, 0.25) is 0 Å². The number of carbonyl (C=O) groups excluding carboxylic acids is 1. The van der Waals surface area contributed by atoms with E-state index in [9.17, 15) is 4.79 Å². The first-order valence-electron chi connectivity index (χ1n) is 11.4. The zero-order valence-corrected chi connectivity index (χ0v) is 21.4. The number of nitrogens with one attached hydrogen (secondary N) is 1. The van der Waals surface area contributed by atoms with E-state index in [-0.39, 0.29) is 5.91 Å². The molecule has 180 valence electrons. The van der Waals surface area contributed by atoms with Crippen LogP contribution in [0.4, 0.5) is 5.69 Å². The smallest absolute Gasteiger partial charge is 0.248 e. The molecule has 6 heteroatoms. The van der Waals surface area contributed by atoms with Crippen LogP contribution in [0, 0.1) is 6.92 Å². The third-order valence-electron chi connectivity index (χ3n) is 5.84. The van der Waals surface area contributed by atoms with Crippen LogP contribution in [0.3, 0.4) is 0 Å². The van der Waals surface area contributed by atoms with Crippen molar-refractivity contribution >= 4 is 39.9 Å². The number of thioether (sulfide) groups is 1. The molecule has 0 saturated carbocycles. The highest BCUT2D eigenvalue weighted by atomic mass is 32.2. The fourth-order valence-electron chi connectivity index (χ4n) is 4.09. The molecule has 1 aromatic heterocycles. The maximum atomic E-state index is 12.8. The number of hydrogen-bond donors (Lipinski definition) is 1. The predicted octanol–water partition coefficient (Wildman–Crippen LogP) is 7.58. The number of ether oxygens (including phenoxy) is 2. The maximum absolute atomic E-state index is 12.8. The Labute approximate surface area is 210 Å². The van der Waals surface area contributed by atoms with Gasteiger partial charge in [0, 0.05) is 38.7 Å². The standard InChI is InChI=1S/C29H29NO4S/c1-6-33-28-19(3)29-25(26(17-34-29)20-10-12-22(32-4)13-11-20)16-24(28)18(2)14-27(31)30-21-8-7-9-23(15-21)35-5/h7-17H,6H2,1-5H3,(H,30,31)/b18-14+. The average molecular weight is 488 g/mol. The Morgan fingerprint density at radius 2 is 1.91 bits per heavy atom. The van der Waals surface area contributed by atoms with Gasteiger partial charge in [-0.3, -0.25) is 4.79 Å². The lowest BCUT2D eigenvalue weighted by Crippen LogP contribution is -2.09. The highest BCUT2D eigenvalue weighted by Gasteiger charge is 2.19. The van der Waals surface area contributed by atoms with E-state index in [1.165, 1.54) is 0 Å². The summed E-state index contributed by atoms with van der Waals surface area (Å²) in [5.41, 5.74) is 6.10. The number of allylic oxidation sites excluding steroid dienone is 1. The topological polar surface area (TPSA) is 60.7 Å². The van der Waals surface area contributed by atoms with Crippen molar-refractivity contribution in [1.82, 2.24) is 0 Å². The Morgan fingerprint density at radius 1 is 1.14 bits per heavy atom. The van der Waals surface area contributed by atoms with Gasteiger partial charge in [0.25, 0.3) is 0 Å². The highest BCUT2D eigenvalue weighted by Crippen LogP contribution is 2.41. The van der Waals surface area contributed by atoms with Crippen LogP contribution in [-0.4, -0.2) is 25.9 Å². The SMILES string of the molecule is CCOc1c(/C(C)=C/C(=O)Nc2cccc(SC)c2)cc2c(-c3ccc(OC)cc3)coc2c1C. The molecule has 3 aromatic carbocycles. The second-order valence-electron chi connectivity index (χ2n) is 8.11. The molecule has 0 unspecified atom stereocenters. The van der Waals surface area contributed by atoms with Crippen LogP contribution in [0.25, 0.3) is 27.7 Å². The lowest BCUT2D eigenvalue weighted by molar-refractivity contribution is -0.111. The predicted molar refractivity (Wildman–Crippen MR) is 145 cm³/mol. The normalized spacial score (nSPS) is 11.5. The van der Waals surface area contributed by atoms with Crippen LogP contribution in [-0.2, 0) is 4.79 Å². The van der Waals surface area contributed by atoms with E-state index in [0.29, 0.717) is 6.61 Å². The van der Waals surface area contributed by atoms with Gasteiger partial charge in [-0.05, 0) is 74.6 Å². The second kappa shape index (κ2) is 10.7. The van der Waals surface area contributed by atoms with E-state index in [2.05, 4.69) is 5.32 Å². The van der Waals surface area contributed by atoms with E-state index >= 15 is 0 Å². The summed E-state index contributed by atoms with van der Waals surface area (Å²) in [5.74, 6) is 1.33. The molecule has 35 heavy (non-hydrogen) atoms. The number of benzene rings is 3. The molecule has 1 amide bonds. The molecular weight excluding hydrogens is 458 g/mol. The molecule has 0 bridgehead atoms. The number of hydrogen-bond acceptors (Lipinski definition) is 5. The van der Waals surface area contributed by atoms with Crippen molar-refractivity contribution in [1.29, 1.82) is 0 Å². The van der Waals surface area contributed by atoms with Gasteiger partial charge in [-0.25, -0.2) is 0 Å². The van der Waals surface area contributed by atoms with E-state index in [1.54, 1.807) is 31.2 Å². The van der Waals surface area contributed by atoms with Crippen molar-refractivity contribution in [2.24, 2.45) is 0 Å². The molecule has 0 atom stereocenters. The van der Waals surface area contributed by atoms with Gasteiger partial charge in [-0.15, -0.1) is 11.8 Å². The first kappa shape index (κ1) is 24.5. The second-order valence-corrected chi connectivity index (χ2v) is 8.99. The molecule has 0 fully saturated rings. The highest BCUT2D eigenvalue weighted by molar-refractivity contribution is 7.98. The summed E-state index contributed by atoms with van der Waals surface area (Å²) in [4.78, 5) is 13.9. The summed E-state index contributed by atoms with van der Waals surface area (Å²) in [6.07, 6.45) is 5.39. The number of aryl methyl sites for hydroxylation is 1. The quantitative estimate of drug-likeness (QED) is 0.205. The molecule has 4 aromatic rings. The van der Waals surface area contributed by atoms with E-state index in [4.69, 9.17) is 13.9 Å². The number of methoxy groups -OCH3 is 1.